The lowest BCUT2D eigenvalue weighted by atomic mass is 10.3. The normalized spacial score (nSPS) is 9.64. The van der Waals surface area contributed by atoms with Crippen LogP contribution < -0.4 is 4.74 Å². The van der Waals surface area contributed by atoms with E-state index in [1.807, 2.05) is 0 Å². The van der Waals surface area contributed by atoms with Crippen LogP contribution in [0.1, 0.15) is 17.4 Å². The molecule has 0 bridgehead atoms. The zero-order valence-corrected chi connectivity index (χ0v) is 9.50. The van der Waals surface area contributed by atoms with Crippen LogP contribution in [-0.4, -0.2) is 24.7 Å². The van der Waals surface area contributed by atoms with E-state index in [-0.39, 0.29) is 5.69 Å². The molecule has 76 valence electrons. The zero-order valence-electron chi connectivity index (χ0n) is 7.91. The third-order valence-corrected chi connectivity index (χ3v) is 2.13. The topological polar surface area (TPSA) is 48.4 Å². The fourth-order valence-electron chi connectivity index (χ4n) is 0.882. The Labute approximate surface area is 90.4 Å². The molecule has 0 spiro atoms. The summed E-state index contributed by atoms with van der Waals surface area (Å²) in [7, 11) is 1.54. The number of methoxy groups -OCH3 is 1. The number of ether oxygens (including phenoxy) is 2. The van der Waals surface area contributed by atoms with Crippen molar-refractivity contribution < 1.29 is 14.3 Å². The van der Waals surface area contributed by atoms with Gasteiger partial charge in [-0.25, -0.2) is 9.78 Å². The molecular weight excluding hydrogens is 250 g/mol. The van der Waals surface area contributed by atoms with Crippen LogP contribution in [0.15, 0.2) is 16.7 Å². The average Bonchev–Trinajstić information content (AvgIpc) is 2.17. The van der Waals surface area contributed by atoms with E-state index in [2.05, 4.69) is 20.9 Å². The van der Waals surface area contributed by atoms with Gasteiger partial charge in [0.25, 0.3) is 0 Å². The molecule has 14 heavy (non-hydrogen) atoms. The minimum Gasteiger partial charge on any atom is -0.495 e. The van der Waals surface area contributed by atoms with Crippen LogP contribution in [0.3, 0.4) is 0 Å². The number of carbonyl (C=O) groups is 1. The van der Waals surface area contributed by atoms with Crippen LogP contribution in [0.4, 0.5) is 0 Å². The molecule has 0 N–H and O–H groups in total. The van der Waals surface area contributed by atoms with E-state index in [1.54, 1.807) is 13.0 Å². The molecular formula is C9H10BrNO3. The number of hydrogen-bond donors (Lipinski definition) is 0. The highest BCUT2D eigenvalue weighted by Gasteiger charge is 2.13. The number of aromatic nitrogens is 1. The molecule has 0 aliphatic heterocycles. The van der Waals surface area contributed by atoms with Gasteiger partial charge in [0, 0.05) is 0 Å². The van der Waals surface area contributed by atoms with Crippen molar-refractivity contribution in [1.29, 1.82) is 0 Å². The number of carbonyl (C=O) groups excluding carboxylic acids is 1. The number of hydrogen-bond acceptors (Lipinski definition) is 4. The number of nitrogens with zero attached hydrogens (tertiary/aromatic N) is 1. The molecule has 0 saturated carbocycles. The standard InChI is InChI=1S/C9H10BrNO3/c1-3-14-9(12)8-7(10)4-6(13-2)5-11-8/h4-5H,3H2,1-2H3. The summed E-state index contributed by atoms with van der Waals surface area (Å²) in [5.74, 6) is 0.145. The lowest BCUT2D eigenvalue weighted by Crippen LogP contribution is -2.07. The van der Waals surface area contributed by atoms with E-state index < -0.39 is 5.97 Å². The number of halogens is 1. The Kier molecular flexibility index (Phi) is 3.88. The van der Waals surface area contributed by atoms with Crippen molar-refractivity contribution in [3.8, 4) is 5.75 Å². The molecule has 0 aromatic carbocycles. The first-order valence-electron chi connectivity index (χ1n) is 4.05. The first-order valence-corrected chi connectivity index (χ1v) is 4.85. The van der Waals surface area contributed by atoms with Crippen LogP contribution in [-0.2, 0) is 4.74 Å². The van der Waals surface area contributed by atoms with Gasteiger partial charge in [-0.2, -0.15) is 0 Å². The van der Waals surface area contributed by atoms with Crippen molar-refractivity contribution in [3.63, 3.8) is 0 Å². The Morgan fingerprint density at radius 1 is 1.64 bits per heavy atom. The van der Waals surface area contributed by atoms with E-state index in [9.17, 15) is 4.79 Å². The largest absolute Gasteiger partial charge is 0.495 e. The van der Waals surface area contributed by atoms with E-state index in [0.717, 1.165) is 0 Å². The summed E-state index contributed by atoms with van der Waals surface area (Å²) >= 11 is 3.22. The quantitative estimate of drug-likeness (QED) is 0.780. The zero-order chi connectivity index (χ0) is 10.6. The molecule has 1 aromatic heterocycles. The summed E-state index contributed by atoms with van der Waals surface area (Å²) < 4.78 is 10.3. The first-order chi connectivity index (χ1) is 6.69. The molecule has 1 aromatic rings. The lowest BCUT2D eigenvalue weighted by molar-refractivity contribution is 0.0518. The van der Waals surface area contributed by atoms with Gasteiger partial charge in [-0.15, -0.1) is 0 Å². The van der Waals surface area contributed by atoms with E-state index in [1.165, 1.54) is 13.3 Å². The van der Waals surface area contributed by atoms with Crippen molar-refractivity contribution in [3.05, 3.63) is 22.4 Å². The molecule has 0 fully saturated rings. The van der Waals surface area contributed by atoms with Gasteiger partial charge in [0.1, 0.15) is 5.75 Å². The van der Waals surface area contributed by atoms with E-state index in [0.29, 0.717) is 16.8 Å². The van der Waals surface area contributed by atoms with Gasteiger partial charge in [0.15, 0.2) is 5.69 Å². The predicted octanol–water partition coefficient (Wildman–Crippen LogP) is 2.03. The molecule has 1 heterocycles. The molecule has 0 radical (unpaired) electrons. The summed E-state index contributed by atoms with van der Waals surface area (Å²) in [6.07, 6.45) is 1.47. The summed E-state index contributed by atoms with van der Waals surface area (Å²) in [5, 5.41) is 0. The van der Waals surface area contributed by atoms with E-state index in [4.69, 9.17) is 9.47 Å². The van der Waals surface area contributed by atoms with Gasteiger partial charge in [0.2, 0.25) is 0 Å². The Bertz CT molecular complexity index is 341. The Balaban J connectivity index is 2.94. The van der Waals surface area contributed by atoms with Gasteiger partial charge in [-0.05, 0) is 28.9 Å². The predicted molar refractivity (Wildman–Crippen MR) is 54.4 cm³/mol. The smallest absolute Gasteiger partial charge is 0.358 e. The van der Waals surface area contributed by atoms with Gasteiger partial charge in [-0.1, -0.05) is 0 Å². The SMILES string of the molecule is CCOC(=O)c1ncc(OC)cc1Br. The number of rotatable bonds is 3. The van der Waals surface area contributed by atoms with Gasteiger partial charge in [-0.3, -0.25) is 0 Å². The van der Waals surface area contributed by atoms with Gasteiger partial charge >= 0.3 is 5.97 Å². The third-order valence-electron chi connectivity index (χ3n) is 1.52. The Hall–Kier alpha value is -1.10. The summed E-state index contributed by atoms with van der Waals surface area (Å²) in [6, 6.07) is 1.67. The average molecular weight is 260 g/mol. The molecule has 0 aliphatic carbocycles. The highest BCUT2D eigenvalue weighted by atomic mass is 79.9. The highest BCUT2D eigenvalue weighted by molar-refractivity contribution is 9.10. The van der Waals surface area contributed by atoms with Crippen LogP contribution in [0.25, 0.3) is 0 Å². The Morgan fingerprint density at radius 3 is 2.86 bits per heavy atom. The summed E-state index contributed by atoms with van der Waals surface area (Å²) in [6.45, 7) is 2.08. The summed E-state index contributed by atoms with van der Waals surface area (Å²) in [5.41, 5.74) is 0.257. The van der Waals surface area contributed by atoms with Crippen molar-refractivity contribution >= 4 is 21.9 Å². The lowest BCUT2D eigenvalue weighted by Gasteiger charge is -2.04. The molecule has 5 heteroatoms. The van der Waals surface area contributed by atoms with Gasteiger partial charge < -0.3 is 9.47 Å². The van der Waals surface area contributed by atoms with Crippen LogP contribution in [0.2, 0.25) is 0 Å². The number of esters is 1. The first kappa shape index (κ1) is 11.0. The molecule has 0 unspecified atom stereocenters. The molecule has 0 amide bonds. The molecule has 4 nitrogen and oxygen atoms in total. The molecule has 0 atom stereocenters. The third kappa shape index (κ3) is 2.45. The fourth-order valence-corrected chi connectivity index (χ4v) is 1.37. The second-order valence-corrected chi connectivity index (χ2v) is 3.28. The maximum absolute atomic E-state index is 11.3. The molecule has 0 aliphatic rings. The minimum atomic E-state index is -0.443. The molecule has 1 rings (SSSR count). The monoisotopic (exact) mass is 259 g/mol. The van der Waals surface area contributed by atoms with E-state index >= 15 is 0 Å². The van der Waals surface area contributed by atoms with Crippen molar-refractivity contribution in [1.82, 2.24) is 4.98 Å². The number of pyridine rings is 1. The van der Waals surface area contributed by atoms with Crippen LogP contribution in [0, 0.1) is 0 Å². The second kappa shape index (κ2) is 4.95. The van der Waals surface area contributed by atoms with Crippen molar-refractivity contribution in [2.75, 3.05) is 13.7 Å². The maximum atomic E-state index is 11.3. The summed E-state index contributed by atoms with van der Waals surface area (Å²) in [4.78, 5) is 15.2. The van der Waals surface area contributed by atoms with Gasteiger partial charge in [0.05, 0.1) is 24.4 Å². The van der Waals surface area contributed by atoms with Crippen molar-refractivity contribution in [2.24, 2.45) is 0 Å². The second-order valence-electron chi connectivity index (χ2n) is 2.43. The van der Waals surface area contributed by atoms with Crippen molar-refractivity contribution in [2.45, 2.75) is 6.92 Å². The fraction of sp³-hybridized carbons (Fsp3) is 0.333. The Morgan fingerprint density at radius 2 is 2.36 bits per heavy atom. The van der Waals surface area contributed by atoms with Crippen LogP contribution >= 0.6 is 15.9 Å². The van der Waals surface area contributed by atoms with Crippen LogP contribution in [0.5, 0.6) is 5.75 Å². The minimum absolute atomic E-state index is 0.257. The highest BCUT2D eigenvalue weighted by Crippen LogP contribution is 2.20. The molecule has 0 saturated heterocycles. The maximum Gasteiger partial charge on any atom is 0.358 e.